The second-order valence-electron chi connectivity index (χ2n) is 4.09. The zero-order chi connectivity index (χ0) is 13.0. The van der Waals surface area contributed by atoms with E-state index >= 15 is 0 Å². The molecule has 0 aliphatic heterocycles. The summed E-state index contributed by atoms with van der Waals surface area (Å²) >= 11 is 0. The van der Waals surface area contributed by atoms with Gasteiger partial charge in [0.25, 0.3) is 0 Å². The summed E-state index contributed by atoms with van der Waals surface area (Å²) in [5.74, 6) is 0. The van der Waals surface area contributed by atoms with Gasteiger partial charge in [-0.3, -0.25) is 4.98 Å². The van der Waals surface area contributed by atoms with Gasteiger partial charge in [0.15, 0.2) is 0 Å². The Balaban J connectivity index is 2.87. The van der Waals surface area contributed by atoms with Crippen molar-refractivity contribution < 1.29 is 0 Å². The lowest BCUT2D eigenvalue weighted by molar-refractivity contribution is 0.880. The molecule has 0 aromatic carbocycles. The summed E-state index contributed by atoms with van der Waals surface area (Å²) in [6.45, 7) is 8.06. The van der Waals surface area contributed by atoms with Crippen LogP contribution in [-0.4, -0.2) is 9.55 Å². The Labute approximate surface area is 107 Å². The molecule has 0 atom stereocenters. The summed E-state index contributed by atoms with van der Waals surface area (Å²) < 4.78 is 2.01. The van der Waals surface area contributed by atoms with Crippen LogP contribution in [0, 0.1) is 0 Å². The number of rotatable bonds is 1. The minimum absolute atomic E-state index is 0.908. The first-order valence-corrected chi connectivity index (χ1v) is 5.78. The summed E-state index contributed by atoms with van der Waals surface area (Å²) in [6, 6.07) is 15.7. The highest BCUT2D eigenvalue weighted by molar-refractivity contribution is 5.53. The molecule has 18 heavy (non-hydrogen) atoms. The summed E-state index contributed by atoms with van der Waals surface area (Å²) in [5, 5.41) is 1.84. The SMILES string of the molecule is C=c1ccccc(=C)n(C)c(-c2ccccn2)c1. The van der Waals surface area contributed by atoms with Gasteiger partial charge in [-0.15, -0.1) is 0 Å². The minimum atomic E-state index is 0.908. The monoisotopic (exact) mass is 236 g/mol. The Morgan fingerprint density at radius 1 is 1.00 bits per heavy atom. The average molecular weight is 236 g/mol. The third-order valence-electron chi connectivity index (χ3n) is 2.75. The van der Waals surface area contributed by atoms with E-state index in [0.717, 1.165) is 22.0 Å². The van der Waals surface area contributed by atoms with E-state index in [9.17, 15) is 0 Å². The van der Waals surface area contributed by atoms with Crippen LogP contribution in [0.2, 0.25) is 0 Å². The molecule has 0 fully saturated rings. The highest BCUT2D eigenvalue weighted by Crippen LogP contribution is 2.10. The Morgan fingerprint density at radius 2 is 1.72 bits per heavy atom. The molecule has 2 heterocycles. The van der Waals surface area contributed by atoms with Crippen LogP contribution in [0.4, 0.5) is 0 Å². The summed E-state index contributed by atoms with van der Waals surface area (Å²) in [4.78, 5) is 4.38. The number of hydrogen-bond donors (Lipinski definition) is 0. The van der Waals surface area contributed by atoms with Crippen LogP contribution in [0.15, 0.2) is 54.7 Å². The third kappa shape index (κ3) is 2.66. The standard InChI is InChI=1S/C16H16N2/c1-13-8-4-5-9-14(2)18(3)16(12-13)15-10-6-7-11-17-15/h4-12H,1-2H2,3H3. The molecule has 0 saturated heterocycles. The second-order valence-corrected chi connectivity index (χ2v) is 4.09. The van der Waals surface area contributed by atoms with Crippen molar-refractivity contribution in [3.63, 3.8) is 0 Å². The van der Waals surface area contributed by atoms with E-state index in [0.29, 0.717) is 0 Å². The molecule has 0 unspecified atom stereocenters. The Kier molecular flexibility index (Phi) is 3.58. The quantitative estimate of drug-likeness (QED) is 0.741. The molecule has 90 valence electrons. The molecule has 2 aromatic heterocycles. The molecule has 2 aromatic rings. The van der Waals surface area contributed by atoms with E-state index in [-0.39, 0.29) is 0 Å². The van der Waals surface area contributed by atoms with Gasteiger partial charge >= 0.3 is 0 Å². The van der Waals surface area contributed by atoms with Gasteiger partial charge in [-0.2, -0.15) is 0 Å². The highest BCUT2D eigenvalue weighted by atomic mass is 14.9. The molecule has 0 N–H and O–H groups in total. The van der Waals surface area contributed by atoms with E-state index in [1.165, 1.54) is 0 Å². The summed E-state index contributed by atoms with van der Waals surface area (Å²) in [5.41, 5.74) is 1.90. The van der Waals surface area contributed by atoms with Crippen molar-refractivity contribution in [3.8, 4) is 11.4 Å². The first-order chi connectivity index (χ1) is 8.68. The number of hydrogen-bond acceptors (Lipinski definition) is 1. The number of nitrogens with zero attached hydrogens (tertiary/aromatic N) is 2. The van der Waals surface area contributed by atoms with E-state index in [2.05, 4.69) is 18.1 Å². The zero-order valence-corrected chi connectivity index (χ0v) is 10.5. The number of aromatic nitrogens is 2. The van der Waals surface area contributed by atoms with Gasteiger partial charge < -0.3 is 4.57 Å². The van der Waals surface area contributed by atoms with Gasteiger partial charge in [-0.05, 0) is 29.5 Å². The van der Waals surface area contributed by atoms with Crippen molar-refractivity contribution in [2.24, 2.45) is 7.05 Å². The van der Waals surface area contributed by atoms with Crippen LogP contribution < -0.4 is 10.6 Å². The van der Waals surface area contributed by atoms with Gasteiger partial charge in [0.05, 0.1) is 11.4 Å². The smallest absolute Gasteiger partial charge is 0.0866 e. The van der Waals surface area contributed by atoms with Crippen LogP contribution in [0.5, 0.6) is 0 Å². The zero-order valence-electron chi connectivity index (χ0n) is 10.5. The molecule has 2 rings (SSSR count). The molecule has 0 bridgehead atoms. The maximum atomic E-state index is 4.38. The lowest BCUT2D eigenvalue weighted by Gasteiger charge is -2.06. The molecule has 0 radical (unpaired) electrons. The molecular formula is C16H16N2. The molecule has 0 amide bonds. The van der Waals surface area contributed by atoms with E-state index in [4.69, 9.17) is 0 Å². The van der Waals surface area contributed by atoms with Crippen molar-refractivity contribution in [3.05, 3.63) is 65.3 Å². The third-order valence-corrected chi connectivity index (χ3v) is 2.75. The lowest BCUT2D eigenvalue weighted by atomic mass is 10.2. The molecule has 2 nitrogen and oxygen atoms in total. The van der Waals surface area contributed by atoms with Gasteiger partial charge in [0.2, 0.25) is 0 Å². The fraction of sp³-hybridized carbons (Fsp3) is 0.0625. The van der Waals surface area contributed by atoms with Gasteiger partial charge in [-0.25, -0.2) is 0 Å². The van der Waals surface area contributed by atoms with Gasteiger partial charge in [0, 0.05) is 18.6 Å². The second kappa shape index (κ2) is 5.32. The van der Waals surface area contributed by atoms with Crippen LogP contribution in [-0.2, 0) is 7.05 Å². The number of pyridine rings is 1. The van der Waals surface area contributed by atoms with Crippen molar-refractivity contribution in [2.45, 2.75) is 0 Å². The fourth-order valence-electron chi connectivity index (χ4n) is 1.69. The first kappa shape index (κ1) is 12.1. The molecule has 0 aliphatic rings. The molecule has 2 heteroatoms. The summed E-state index contributed by atoms with van der Waals surface area (Å²) in [7, 11) is 1.98. The predicted molar refractivity (Wildman–Crippen MR) is 76.6 cm³/mol. The molecule has 0 saturated carbocycles. The van der Waals surface area contributed by atoms with Crippen molar-refractivity contribution in [1.29, 1.82) is 0 Å². The fourth-order valence-corrected chi connectivity index (χ4v) is 1.69. The normalized spacial score (nSPS) is 9.83. The minimum Gasteiger partial charge on any atom is -0.343 e. The van der Waals surface area contributed by atoms with Crippen LogP contribution in [0.3, 0.4) is 0 Å². The van der Waals surface area contributed by atoms with Gasteiger partial charge in [-0.1, -0.05) is 37.4 Å². The van der Waals surface area contributed by atoms with Crippen molar-refractivity contribution in [2.75, 3.05) is 0 Å². The van der Waals surface area contributed by atoms with Crippen LogP contribution in [0.25, 0.3) is 24.5 Å². The van der Waals surface area contributed by atoms with Crippen molar-refractivity contribution >= 4 is 13.2 Å². The molecule has 0 spiro atoms. The summed E-state index contributed by atoms with van der Waals surface area (Å²) in [6.07, 6.45) is 1.79. The maximum absolute atomic E-state index is 4.38. The first-order valence-electron chi connectivity index (χ1n) is 5.78. The lowest BCUT2D eigenvalue weighted by Crippen LogP contribution is -2.15. The Morgan fingerprint density at radius 3 is 2.44 bits per heavy atom. The van der Waals surface area contributed by atoms with E-state index in [1.807, 2.05) is 60.1 Å². The Bertz CT molecular complexity index is 683. The average Bonchev–Trinajstić information content (AvgIpc) is 2.45. The van der Waals surface area contributed by atoms with Crippen molar-refractivity contribution in [1.82, 2.24) is 9.55 Å². The molecular weight excluding hydrogens is 220 g/mol. The van der Waals surface area contributed by atoms with Gasteiger partial charge in [0.1, 0.15) is 0 Å². The largest absolute Gasteiger partial charge is 0.343 e. The van der Waals surface area contributed by atoms with E-state index < -0.39 is 0 Å². The van der Waals surface area contributed by atoms with E-state index in [1.54, 1.807) is 6.20 Å². The van der Waals surface area contributed by atoms with Crippen LogP contribution >= 0.6 is 0 Å². The Hall–Kier alpha value is -2.35. The maximum Gasteiger partial charge on any atom is 0.0866 e. The predicted octanol–water partition coefficient (Wildman–Crippen LogP) is 2.03. The molecule has 0 aliphatic carbocycles. The topological polar surface area (TPSA) is 17.8 Å². The highest BCUT2D eigenvalue weighted by Gasteiger charge is 1.99. The van der Waals surface area contributed by atoms with Crippen LogP contribution in [0.1, 0.15) is 0 Å².